The van der Waals surface area contributed by atoms with E-state index in [0.29, 0.717) is 11.3 Å². The molecule has 0 bridgehead atoms. The van der Waals surface area contributed by atoms with Gasteiger partial charge in [0, 0.05) is 18.0 Å². The second kappa shape index (κ2) is 5.74. The molecule has 2 aromatic rings. The van der Waals surface area contributed by atoms with Crippen LogP contribution in [0.3, 0.4) is 0 Å². The molecule has 96 valence electrons. The Bertz CT molecular complexity index is 599. The van der Waals surface area contributed by atoms with E-state index in [4.69, 9.17) is 5.21 Å². The summed E-state index contributed by atoms with van der Waals surface area (Å²) in [4.78, 5) is 27.2. The zero-order chi connectivity index (χ0) is 13.7. The second-order valence-electron chi connectivity index (χ2n) is 3.68. The number of rotatable bonds is 3. The lowest BCUT2D eigenvalue weighted by atomic mass is 10.1. The predicted molar refractivity (Wildman–Crippen MR) is 67.9 cm³/mol. The van der Waals surface area contributed by atoms with Gasteiger partial charge in [0.25, 0.3) is 11.8 Å². The quantitative estimate of drug-likeness (QED) is 0.573. The number of anilines is 1. The standard InChI is InChI=1S/C13H11N3O3/c17-12(9-5-7-14-8-6-9)15-11-4-2-1-3-10(11)13(18)16-19/h1-8,19H,(H,15,17)(H,16,18). The first kappa shape index (κ1) is 12.7. The van der Waals surface area contributed by atoms with Crippen molar-refractivity contribution in [3.05, 3.63) is 59.9 Å². The molecule has 3 N–H and O–H groups in total. The van der Waals surface area contributed by atoms with Crippen LogP contribution in [0.5, 0.6) is 0 Å². The molecule has 2 rings (SSSR count). The van der Waals surface area contributed by atoms with Crippen LogP contribution in [0.25, 0.3) is 0 Å². The normalized spacial score (nSPS) is 9.74. The first-order valence-corrected chi connectivity index (χ1v) is 5.47. The van der Waals surface area contributed by atoms with Gasteiger partial charge in [0.2, 0.25) is 0 Å². The number of nitrogens with one attached hydrogen (secondary N) is 2. The minimum Gasteiger partial charge on any atom is -0.321 e. The van der Waals surface area contributed by atoms with Gasteiger partial charge in [-0.15, -0.1) is 0 Å². The van der Waals surface area contributed by atoms with Crippen molar-refractivity contribution in [2.45, 2.75) is 0 Å². The summed E-state index contributed by atoms with van der Waals surface area (Å²) in [7, 11) is 0. The SMILES string of the molecule is O=C(Nc1ccccc1C(=O)NO)c1ccncc1. The van der Waals surface area contributed by atoms with E-state index in [9.17, 15) is 9.59 Å². The Morgan fingerprint density at radius 3 is 2.37 bits per heavy atom. The third kappa shape index (κ3) is 2.93. The molecular weight excluding hydrogens is 246 g/mol. The molecule has 0 aliphatic heterocycles. The van der Waals surface area contributed by atoms with Gasteiger partial charge in [-0.05, 0) is 24.3 Å². The van der Waals surface area contributed by atoms with E-state index in [1.54, 1.807) is 30.3 Å². The maximum Gasteiger partial charge on any atom is 0.276 e. The number of amides is 2. The Morgan fingerprint density at radius 2 is 1.68 bits per heavy atom. The zero-order valence-electron chi connectivity index (χ0n) is 9.83. The van der Waals surface area contributed by atoms with Crippen molar-refractivity contribution in [2.75, 3.05) is 5.32 Å². The van der Waals surface area contributed by atoms with Crippen LogP contribution >= 0.6 is 0 Å². The van der Waals surface area contributed by atoms with E-state index < -0.39 is 5.91 Å². The highest BCUT2D eigenvalue weighted by Crippen LogP contribution is 2.15. The molecule has 1 aromatic heterocycles. The van der Waals surface area contributed by atoms with Crippen LogP contribution in [0.1, 0.15) is 20.7 Å². The fraction of sp³-hybridized carbons (Fsp3) is 0. The molecule has 0 fully saturated rings. The Balaban J connectivity index is 2.25. The third-order valence-corrected chi connectivity index (χ3v) is 2.46. The van der Waals surface area contributed by atoms with Gasteiger partial charge in [0.1, 0.15) is 0 Å². The summed E-state index contributed by atoms with van der Waals surface area (Å²) in [6, 6.07) is 9.49. The van der Waals surface area contributed by atoms with Gasteiger partial charge in [0.05, 0.1) is 11.3 Å². The summed E-state index contributed by atoms with van der Waals surface area (Å²) in [5, 5.41) is 11.2. The second-order valence-corrected chi connectivity index (χ2v) is 3.68. The van der Waals surface area contributed by atoms with Gasteiger partial charge in [-0.2, -0.15) is 0 Å². The molecule has 6 nitrogen and oxygen atoms in total. The maximum absolute atomic E-state index is 11.9. The fourth-order valence-electron chi connectivity index (χ4n) is 1.55. The van der Waals surface area contributed by atoms with Gasteiger partial charge in [0.15, 0.2) is 0 Å². The van der Waals surface area contributed by atoms with Crippen LogP contribution in [-0.2, 0) is 0 Å². The molecule has 2 amide bonds. The van der Waals surface area contributed by atoms with E-state index >= 15 is 0 Å². The van der Waals surface area contributed by atoms with Crippen LogP contribution in [0.2, 0.25) is 0 Å². The van der Waals surface area contributed by atoms with E-state index in [2.05, 4.69) is 10.3 Å². The van der Waals surface area contributed by atoms with Crippen LogP contribution in [-0.4, -0.2) is 22.0 Å². The molecule has 1 heterocycles. The molecule has 0 aliphatic carbocycles. The molecule has 0 aliphatic rings. The molecule has 1 aromatic carbocycles. The van der Waals surface area contributed by atoms with Crippen molar-refractivity contribution < 1.29 is 14.8 Å². The largest absolute Gasteiger partial charge is 0.321 e. The average Bonchev–Trinajstić information content (AvgIpc) is 2.48. The van der Waals surface area contributed by atoms with E-state index in [1.165, 1.54) is 23.9 Å². The van der Waals surface area contributed by atoms with Gasteiger partial charge in [-0.25, -0.2) is 5.48 Å². The molecule has 0 radical (unpaired) electrons. The van der Waals surface area contributed by atoms with Crippen molar-refractivity contribution in [3.63, 3.8) is 0 Å². The first-order valence-electron chi connectivity index (χ1n) is 5.47. The smallest absolute Gasteiger partial charge is 0.276 e. The maximum atomic E-state index is 11.9. The zero-order valence-corrected chi connectivity index (χ0v) is 9.83. The lowest BCUT2D eigenvalue weighted by Crippen LogP contribution is -2.22. The predicted octanol–water partition coefficient (Wildman–Crippen LogP) is 1.45. The molecule has 19 heavy (non-hydrogen) atoms. The highest BCUT2D eigenvalue weighted by atomic mass is 16.5. The van der Waals surface area contributed by atoms with Crippen LogP contribution in [0.4, 0.5) is 5.69 Å². The number of benzene rings is 1. The third-order valence-electron chi connectivity index (χ3n) is 2.46. The summed E-state index contributed by atoms with van der Waals surface area (Å²) in [6.07, 6.45) is 3.00. The number of hydrogen-bond acceptors (Lipinski definition) is 4. The topological polar surface area (TPSA) is 91.3 Å². The molecule has 6 heteroatoms. The minimum absolute atomic E-state index is 0.174. The monoisotopic (exact) mass is 257 g/mol. The number of hydroxylamine groups is 1. The summed E-state index contributed by atoms with van der Waals surface area (Å²) >= 11 is 0. The van der Waals surface area contributed by atoms with E-state index in [1.807, 2.05) is 0 Å². The number of carbonyl (C=O) groups excluding carboxylic acids is 2. The van der Waals surface area contributed by atoms with Crippen LogP contribution in [0.15, 0.2) is 48.8 Å². The summed E-state index contributed by atoms with van der Waals surface area (Å²) in [6.45, 7) is 0. The highest BCUT2D eigenvalue weighted by Gasteiger charge is 2.13. The number of aromatic nitrogens is 1. The van der Waals surface area contributed by atoms with Gasteiger partial charge >= 0.3 is 0 Å². The number of hydrogen-bond donors (Lipinski definition) is 3. The Labute approximate surface area is 109 Å². The highest BCUT2D eigenvalue weighted by molar-refractivity contribution is 6.08. The van der Waals surface area contributed by atoms with Crippen LogP contribution < -0.4 is 10.8 Å². The van der Waals surface area contributed by atoms with Gasteiger partial charge in [-0.3, -0.25) is 19.8 Å². The number of nitrogens with zero attached hydrogens (tertiary/aromatic N) is 1. The number of pyridine rings is 1. The van der Waals surface area contributed by atoms with Crippen molar-refractivity contribution in [1.29, 1.82) is 0 Å². The molecular formula is C13H11N3O3. The van der Waals surface area contributed by atoms with Crippen molar-refractivity contribution in [1.82, 2.24) is 10.5 Å². The molecule has 0 atom stereocenters. The van der Waals surface area contributed by atoms with Crippen molar-refractivity contribution in [2.24, 2.45) is 0 Å². The Kier molecular flexibility index (Phi) is 3.84. The van der Waals surface area contributed by atoms with Gasteiger partial charge < -0.3 is 5.32 Å². The summed E-state index contributed by atoms with van der Waals surface area (Å²) < 4.78 is 0. The lowest BCUT2D eigenvalue weighted by Gasteiger charge is -2.09. The fourth-order valence-corrected chi connectivity index (χ4v) is 1.55. The first-order chi connectivity index (χ1) is 9.22. The van der Waals surface area contributed by atoms with Crippen molar-refractivity contribution >= 4 is 17.5 Å². The molecule has 0 saturated carbocycles. The molecule has 0 unspecified atom stereocenters. The van der Waals surface area contributed by atoms with Crippen molar-refractivity contribution in [3.8, 4) is 0 Å². The van der Waals surface area contributed by atoms with Gasteiger partial charge in [-0.1, -0.05) is 12.1 Å². The lowest BCUT2D eigenvalue weighted by molar-refractivity contribution is 0.0707. The number of carbonyl (C=O) groups is 2. The average molecular weight is 257 g/mol. The molecule has 0 spiro atoms. The van der Waals surface area contributed by atoms with Crippen LogP contribution in [0, 0.1) is 0 Å². The summed E-state index contributed by atoms with van der Waals surface area (Å²) in [5.41, 5.74) is 2.45. The Hall–Kier alpha value is -2.73. The number of para-hydroxylation sites is 1. The Morgan fingerprint density at radius 1 is 1.00 bits per heavy atom. The molecule has 0 saturated heterocycles. The summed E-state index contributed by atoms with van der Waals surface area (Å²) in [5.74, 6) is -1.05. The minimum atomic E-state index is -0.689. The van der Waals surface area contributed by atoms with E-state index in [-0.39, 0.29) is 11.5 Å². The van der Waals surface area contributed by atoms with E-state index in [0.717, 1.165) is 0 Å².